The second-order valence-corrected chi connectivity index (χ2v) is 7.71. The van der Waals surface area contributed by atoms with Crippen LogP contribution in [-0.2, 0) is 0 Å². The van der Waals surface area contributed by atoms with Crippen LogP contribution in [0.2, 0.25) is 10.0 Å². The Labute approximate surface area is 182 Å². The monoisotopic (exact) mass is 452 g/mol. The summed E-state index contributed by atoms with van der Waals surface area (Å²) in [6, 6.07) is 8.53. The van der Waals surface area contributed by atoms with E-state index < -0.39 is 0 Å². The van der Waals surface area contributed by atoms with Gasteiger partial charge in [-0.1, -0.05) is 29.3 Å². The van der Waals surface area contributed by atoms with E-state index in [1.807, 2.05) is 0 Å². The maximum atomic E-state index is 12.9. The minimum absolute atomic E-state index is 0.316. The third-order valence-electron chi connectivity index (χ3n) is 4.10. The Morgan fingerprint density at radius 3 is 2.14 bits per heavy atom. The summed E-state index contributed by atoms with van der Waals surface area (Å²) < 4.78 is 15.9. The lowest BCUT2D eigenvalue weighted by molar-refractivity contribution is 0.103. The number of aromatic nitrogens is 1. The summed E-state index contributed by atoms with van der Waals surface area (Å²) in [6.07, 6.45) is 0. The molecule has 0 spiro atoms. The Balaban J connectivity index is 1.94. The molecule has 3 rings (SSSR count). The average molecular weight is 453 g/mol. The molecule has 3 aromatic rings. The summed E-state index contributed by atoms with van der Waals surface area (Å²) in [4.78, 5) is 17.8. The average Bonchev–Trinajstić information content (AvgIpc) is 3.08. The number of nitrogens with one attached hydrogen (secondary N) is 1. The van der Waals surface area contributed by atoms with E-state index in [-0.39, 0.29) is 5.91 Å². The molecule has 1 amide bonds. The summed E-state index contributed by atoms with van der Waals surface area (Å²) in [6.45, 7) is 1.76. The number of hydrogen-bond donors (Lipinski definition) is 1. The number of carbonyl (C=O) groups is 1. The first-order valence-corrected chi connectivity index (χ1v) is 10.00. The van der Waals surface area contributed by atoms with Crippen molar-refractivity contribution in [1.82, 2.24) is 4.98 Å². The zero-order chi connectivity index (χ0) is 21.1. The molecular weight excluding hydrogens is 435 g/mol. The number of methoxy groups -OCH3 is 3. The molecule has 0 aliphatic heterocycles. The van der Waals surface area contributed by atoms with Gasteiger partial charge in [0.2, 0.25) is 5.75 Å². The fourth-order valence-corrected chi connectivity index (χ4v) is 4.48. The standard InChI is InChI=1S/C20H18Cl2N2O4S/c1-10-18(29-20(23-10)16-12(21)6-5-7-13(16)22)19(25)24-11-8-14(26-2)17(28-4)15(9-11)27-3/h5-9H,1-4H3,(H,24,25). The number of halogens is 2. The van der Waals surface area contributed by atoms with Crippen molar-refractivity contribution < 1.29 is 19.0 Å². The molecular formula is C20H18Cl2N2O4S. The van der Waals surface area contributed by atoms with Crippen molar-refractivity contribution in [3.63, 3.8) is 0 Å². The van der Waals surface area contributed by atoms with E-state index in [1.54, 1.807) is 37.3 Å². The number of nitrogens with zero attached hydrogens (tertiary/aromatic N) is 1. The van der Waals surface area contributed by atoms with Crippen LogP contribution in [0.1, 0.15) is 15.4 Å². The lowest BCUT2D eigenvalue weighted by Crippen LogP contribution is -2.12. The summed E-state index contributed by atoms with van der Waals surface area (Å²) >= 11 is 13.8. The first-order chi connectivity index (χ1) is 13.9. The number of anilines is 1. The molecule has 2 aromatic carbocycles. The van der Waals surface area contributed by atoms with Crippen LogP contribution in [0.15, 0.2) is 30.3 Å². The molecule has 152 valence electrons. The largest absolute Gasteiger partial charge is 0.493 e. The minimum atomic E-state index is -0.316. The zero-order valence-corrected chi connectivity index (χ0v) is 18.5. The van der Waals surface area contributed by atoms with Gasteiger partial charge in [0.1, 0.15) is 9.88 Å². The number of hydrogen-bond acceptors (Lipinski definition) is 6. The highest BCUT2D eigenvalue weighted by atomic mass is 35.5. The van der Waals surface area contributed by atoms with Crippen molar-refractivity contribution in [3.8, 4) is 27.8 Å². The van der Waals surface area contributed by atoms with Gasteiger partial charge in [-0.3, -0.25) is 4.79 Å². The molecule has 0 atom stereocenters. The van der Waals surface area contributed by atoms with Gasteiger partial charge >= 0.3 is 0 Å². The molecule has 0 unspecified atom stereocenters. The van der Waals surface area contributed by atoms with Crippen LogP contribution in [0.25, 0.3) is 10.6 Å². The van der Waals surface area contributed by atoms with Gasteiger partial charge in [-0.25, -0.2) is 4.98 Å². The van der Waals surface area contributed by atoms with Crippen molar-refractivity contribution in [1.29, 1.82) is 0 Å². The summed E-state index contributed by atoms with van der Waals surface area (Å²) in [5, 5.41) is 4.37. The van der Waals surface area contributed by atoms with Gasteiger partial charge in [-0.15, -0.1) is 11.3 Å². The maximum Gasteiger partial charge on any atom is 0.267 e. The predicted octanol–water partition coefficient (Wildman–Crippen LogP) is 5.70. The molecule has 0 fully saturated rings. The van der Waals surface area contributed by atoms with Gasteiger partial charge in [0.15, 0.2) is 11.5 Å². The minimum Gasteiger partial charge on any atom is -0.493 e. The van der Waals surface area contributed by atoms with E-state index in [1.165, 1.54) is 32.7 Å². The Bertz CT molecular complexity index is 1020. The summed E-state index contributed by atoms with van der Waals surface area (Å²) in [7, 11) is 4.53. The third-order valence-corrected chi connectivity index (χ3v) is 5.91. The van der Waals surface area contributed by atoms with Crippen molar-refractivity contribution in [2.45, 2.75) is 6.92 Å². The maximum absolute atomic E-state index is 12.9. The molecule has 1 heterocycles. The molecule has 0 aliphatic rings. The van der Waals surface area contributed by atoms with Gasteiger partial charge in [0.05, 0.1) is 37.1 Å². The van der Waals surface area contributed by atoms with Gasteiger partial charge in [-0.05, 0) is 19.1 Å². The van der Waals surface area contributed by atoms with E-state index in [2.05, 4.69) is 10.3 Å². The molecule has 0 saturated carbocycles. The van der Waals surface area contributed by atoms with Crippen LogP contribution in [0.3, 0.4) is 0 Å². The molecule has 6 nitrogen and oxygen atoms in total. The summed E-state index contributed by atoms with van der Waals surface area (Å²) in [5.74, 6) is 1.000. The van der Waals surface area contributed by atoms with Crippen LogP contribution in [0.5, 0.6) is 17.2 Å². The number of benzene rings is 2. The lowest BCUT2D eigenvalue weighted by Gasteiger charge is -2.14. The smallest absolute Gasteiger partial charge is 0.267 e. The molecule has 1 N–H and O–H groups in total. The van der Waals surface area contributed by atoms with Crippen molar-refractivity contribution in [3.05, 3.63) is 50.9 Å². The van der Waals surface area contributed by atoms with E-state index in [0.29, 0.717) is 54.1 Å². The van der Waals surface area contributed by atoms with Gasteiger partial charge < -0.3 is 19.5 Å². The second-order valence-electron chi connectivity index (χ2n) is 5.90. The molecule has 0 radical (unpaired) electrons. The number of carbonyl (C=O) groups excluding carboxylic acids is 1. The first kappa shape index (κ1) is 21.2. The van der Waals surface area contributed by atoms with Gasteiger partial charge in [0.25, 0.3) is 5.91 Å². The zero-order valence-electron chi connectivity index (χ0n) is 16.1. The molecule has 0 saturated heterocycles. The quantitative estimate of drug-likeness (QED) is 0.518. The van der Waals surface area contributed by atoms with Crippen LogP contribution in [0, 0.1) is 6.92 Å². The molecule has 9 heteroatoms. The number of aryl methyl sites for hydroxylation is 1. The first-order valence-electron chi connectivity index (χ1n) is 8.42. The fraction of sp³-hybridized carbons (Fsp3) is 0.200. The number of rotatable bonds is 6. The van der Waals surface area contributed by atoms with Crippen LogP contribution in [0.4, 0.5) is 5.69 Å². The molecule has 29 heavy (non-hydrogen) atoms. The van der Waals surface area contributed by atoms with E-state index in [4.69, 9.17) is 37.4 Å². The van der Waals surface area contributed by atoms with Crippen LogP contribution in [-0.4, -0.2) is 32.2 Å². The highest BCUT2D eigenvalue weighted by Gasteiger charge is 2.21. The molecule has 0 aliphatic carbocycles. The SMILES string of the molecule is COc1cc(NC(=O)c2sc(-c3c(Cl)cccc3Cl)nc2C)cc(OC)c1OC. The number of ether oxygens (including phenoxy) is 3. The lowest BCUT2D eigenvalue weighted by atomic mass is 10.2. The van der Waals surface area contributed by atoms with Crippen molar-refractivity contribution >= 4 is 46.1 Å². The highest BCUT2D eigenvalue weighted by molar-refractivity contribution is 7.17. The normalized spacial score (nSPS) is 10.6. The number of amides is 1. The Morgan fingerprint density at radius 1 is 1.03 bits per heavy atom. The number of thiazole rings is 1. The Morgan fingerprint density at radius 2 is 1.62 bits per heavy atom. The highest BCUT2D eigenvalue weighted by Crippen LogP contribution is 2.41. The second kappa shape index (κ2) is 8.90. The van der Waals surface area contributed by atoms with Gasteiger partial charge in [0, 0.05) is 23.4 Å². The molecule has 0 bridgehead atoms. The molecule has 1 aromatic heterocycles. The van der Waals surface area contributed by atoms with Crippen LogP contribution < -0.4 is 19.5 Å². The predicted molar refractivity (Wildman–Crippen MR) is 116 cm³/mol. The van der Waals surface area contributed by atoms with Crippen molar-refractivity contribution in [2.24, 2.45) is 0 Å². The third kappa shape index (κ3) is 4.27. The Hall–Kier alpha value is -2.48. The van der Waals surface area contributed by atoms with E-state index in [0.717, 1.165) is 0 Å². The topological polar surface area (TPSA) is 69.7 Å². The fourth-order valence-electron chi connectivity index (χ4n) is 2.76. The Kier molecular flexibility index (Phi) is 6.52. The van der Waals surface area contributed by atoms with E-state index >= 15 is 0 Å². The summed E-state index contributed by atoms with van der Waals surface area (Å²) in [5.41, 5.74) is 1.68. The van der Waals surface area contributed by atoms with Crippen molar-refractivity contribution in [2.75, 3.05) is 26.6 Å². The van der Waals surface area contributed by atoms with E-state index in [9.17, 15) is 4.79 Å². The van der Waals surface area contributed by atoms with Crippen LogP contribution >= 0.6 is 34.5 Å². The van der Waals surface area contributed by atoms with Gasteiger partial charge in [-0.2, -0.15) is 0 Å².